The molecule has 0 N–H and O–H groups in total. The third-order valence-corrected chi connectivity index (χ3v) is 5.74. The Balaban J connectivity index is 2.42. The van der Waals surface area contributed by atoms with Crippen molar-refractivity contribution in [3.63, 3.8) is 0 Å². The lowest BCUT2D eigenvalue weighted by molar-refractivity contribution is 0.372. The largest absolute Gasteiger partial charge is 0.243 e. The highest BCUT2D eigenvalue weighted by Gasteiger charge is 2.44. The fourth-order valence-corrected chi connectivity index (χ4v) is 4.60. The molecule has 1 aromatic rings. The third kappa shape index (κ3) is 2.81. The molecular weight excluding hydrogens is 270 g/mol. The van der Waals surface area contributed by atoms with Crippen LogP contribution in [-0.4, -0.2) is 25.3 Å². The molecule has 0 radical (unpaired) electrons. The molecule has 0 aromatic heterocycles. The summed E-state index contributed by atoms with van der Waals surface area (Å²) >= 11 is 0. The van der Waals surface area contributed by atoms with E-state index >= 15 is 0 Å². The van der Waals surface area contributed by atoms with Gasteiger partial charge in [-0.15, -0.1) is 0 Å². The van der Waals surface area contributed by atoms with Crippen LogP contribution in [0.2, 0.25) is 0 Å². The molecule has 20 heavy (non-hydrogen) atoms. The van der Waals surface area contributed by atoms with Gasteiger partial charge in [0.2, 0.25) is 10.0 Å². The van der Waals surface area contributed by atoms with Gasteiger partial charge in [0.1, 0.15) is 0 Å². The molecule has 2 rings (SSSR count). The van der Waals surface area contributed by atoms with Gasteiger partial charge in [0.15, 0.2) is 0 Å². The van der Waals surface area contributed by atoms with Crippen molar-refractivity contribution in [2.75, 3.05) is 6.54 Å². The van der Waals surface area contributed by atoms with Gasteiger partial charge < -0.3 is 0 Å². The van der Waals surface area contributed by atoms with Crippen molar-refractivity contribution in [2.45, 2.75) is 45.1 Å². The zero-order valence-electron chi connectivity index (χ0n) is 12.7. The highest BCUT2D eigenvalue weighted by molar-refractivity contribution is 7.89. The number of hydrogen-bond acceptors (Lipinski definition) is 2. The Bertz CT molecular complexity index is 614. The Morgan fingerprint density at radius 2 is 1.85 bits per heavy atom. The maximum absolute atomic E-state index is 12.8. The Morgan fingerprint density at radius 3 is 2.35 bits per heavy atom. The van der Waals surface area contributed by atoms with E-state index in [0.29, 0.717) is 11.4 Å². The van der Waals surface area contributed by atoms with E-state index in [4.69, 9.17) is 0 Å². The number of nitrogens with zero attached hydrogens (tertiary/aromatic N) is 1. The van der Waals surface area contributed by atoms with Crippen LogP contribution in [0.15, 0.2) is 41.3 Å². The minimum absolute atomic E-state index is 0.0125. The normalized spacial score (nSPS) is 22.9. The maximum atomic E-state index is 12.8. The molecular formula is C16H23NO2S. The van der Waals surface area contributed by atoms with E-state index in [1.54, 1.807) is 16.4 Å². The van der Waals surface area contributed by atoms with Crippen molar-refractivity contribution in [2.24, 2.45) is 5.41 Å². The van der Waals surface area contributed by atoms with Gasteiger partial charge in [-0.05, 0) is 37.8 Å². The average molecular weight is 293 g/mol. The van der Waals surface area contributed by atoms with Gasteiger partial charge in [-0.3, -0.25) is 0 Å². The number of hydrogen-bond donors (Lipinski definition) is 0. The van der Waals surface area contributed by atoms with Crippen LogP contribution in [0.25, 0.3) is 0 Å². The summed E-state index contributed by atoms with van der Waals surface area (Å²) in [6.07, 6.45) is 0.827. The first-order valence-corrected chi connectivity index (χ1v) is 8.31. The smallest absolute Gasteiger partial charge is 0.207 e. The predicted molar refractivity (Wildman–Crippen MR) is 82.1 cm³/mol. The van der Waals surface area contributed by atoms with Crippen molar-refractivity contribution >= 4 is 10.0 Å². The number of rotatable bonds is 3. The molecule has 0 saturated carbocycles. The molecule has 0 unspecified atom stereocenters. The van der Waals surface area contributed by atoms with Crippen molar-refractivity contribution in [3.8, 4) is 0 Å². The fraction of sp³-hybridized carbons (Fsp3) is 0.500. The monoisotopic (exact) mass is 293 g/mol. The zero-order chi connectivity index (χ0) is 15.1. The van der Waals surface area contributed by atoms with Gasteiger partial charge in [0.05, 0.1) is 4.90 Å². The molecule has 1 atom stereocenters. The Labute approximate surface area is 122 Å². The lowest BCUT2D eigenvalue weighted by Gasteiger charge is -2.24. The summed E-state index contributed by atoms with van der Waals surface area (Å²) in [6.45, 7) is 12.6. The van der Waals surface area contributed by atoms with Gasteiger partial charge in [-0.2, -0.15) is 4.31 Å². The van der Waals surface area contributed by atoms with Crippen LogP contribution < -0.4 is 0 Å². The summed E-state index contributed by atoms with van der Waals surface area (Å²) in [5.74, 6) is 0. The molecule has 1 saturated heterocycles. The highest BCUT2D eigenvalue weighted by atomic mass is 32.2. The number of aryl methyl sites for hydroxylation is 1. The molecule has 0 spiro atoms. The van der Waals surface area contributed by atoms with E-state index in [1.165, 1.54) is 0 Å². The van der Waals surface area contributed by atoms with Gasteiger partial charge in [0, 0.05) is 12.6 Å². The van der Waals surface area contributed by atoms with Crippen LogP contribution in [0.3, 0.4) is 0 Å². The van der Waals surface area contributed by atoms with E-state index in [0.717, 1.165) is 17.6 Å². The van der Waals surface area contributed by atoms with Gasteiger partial charge in [0.25, 0.3) is 0 Å². The number of benzene rings is 1. The molecule has 1 aliphatic heterocycles. The molecule has 3 nitrogen and oxygen atoms in total. The van der Waals surface area contributed by atoms with Crippen LogP contribution >= 0.6 is 0 Å². The van der Waals surface area contributed by atoms with Crippen LogP contribution in [-0.2, 0) is 10.0 Å². The van der Waals surface area contributed by atoms with E-state index < -0.39 is 10.0 Å². The van der Waals surface area contributed by atoms with Crippen molar-refractivity contribution in [1.29, 1.82) is 0 Å². The van der Waals surface area contributed by atoms with E-state index in [1.807, 2.05) is 26.0 Å². The molecule has 1 heterocycles. The third-order valence-electron chi connectivity index (χ3n) is 3.87. The first kappa shape index (κ1) is 15.3. The molecule has 1 fully saturated rings. The van der Waals surface area contributed by atoms with Crippen molar-refractivity contribution in [1.82, 2.24) is 4.31 Å². The minimum Gasteiger partial charge on any atom is -0.207 e. The van der Waals surface area contributed by atoms with Crippen LogP contribution in [0.4, 0.5) is 0 Å². The van der Waals surface area contributed by atoms with E-state index in [9.17, 15) is 8.42 Å². The molecule has 0 amide bonds. The van der Waals surface area contributed by atoms with Crippen molar-refractivity contribution in [3.05, 3.63) is 42.0 Å². The molecule has 1 aliphatic rings. The van der Waals surface area contributed by atoms with Crippen molar-refractivity contribution < 1.29 is 8.42 Å². The van der Waals surface area contributed by atoms with Crippen LogP contribution in [0.1, 0.15) is 32.8 Å². The second kappa shape index (κ2) is 5.01. The first-order chi connectivity index (χ1) is 9.13. The molecule has 0 aliphatic carbocycles. The molecule has 1 aromatic carbocycles. The summed E-state index contributed by atoms with van der Waals surface area (Å²) in [5, 5.41) is 0. The highest BCUT2D eigenvalue weighted by Crippen LogP contribution is 2.39. The zero-order valence-corrected chi connectivity index (χ0v) is 13.5. The van der Waals surface area contributed by atoms with Crippen LogP contribution in [0, 0.1) is 12.3 Å². The van der Waals surface area contributed by atoms with Gasteiger partial charge in [-0.25, -0.2) is 8.42 Å². The average Bonchev–Trinajstić information content (AvgIpc) is 2.67. The summed E-state index contributed by atoms with van der Waals surface area (Å²) in [6, 6.07) is 6.95. The standard InChI is InChI=1S/C16H23NO2S/c1-12(2)15-10-16(4,5)11-17(15)20(18,19)14-8-6-13(3)7-9-14/h6-9,15H,1,10-11H2,2-5H3/t15-/m0/s1. The Hall–Kier alpha value is -1.13. The second-order valence-corrected chi connectivity index (χ2v) is 8.48. The lowest BCUT2D eigenvalue weighted by Crippen LogP contribution is -2.36. The van der Waals surface area contributed by atoms with Gasteiger partial charge in [-0.1, -0.05) is 43.7 Å². The van der Waals surface area contributed by atoms with Gasteiger partial charge >= 0.3 is 0 Å². The first-order valence-electron chi connectivity index (χ1n) is 6.87. The quantitative estimate of drug-likeness (QED) is 0.801. The topological polar surface area (TPSA) is 37.4 Å². The lowest BCUT2D eigenvalue weighted by atomic mass is 9.89. The maximum Gasteiger partial charge on any atom is 0.243 e. The van der Waals surface area contributed by atoms with E-state index in [-0.39, 0.29) is 11.5 Å². The fourth-order valence-electron chi connectivity index (χ4n) is 2.74. The molecule has 110 valence electrons. The number of sulfonamides is 1. The second-order valence-electron chi connectivity index (χ2n) is 6.59. The summed E-state index contributed by atoms with van der Waals surface area (Å²) in [5.41, 5.74) is 1.95. The Morgan fingerprint density at radius 1 is 1.30 bits per heavy atom. The summed E-state index contributed by atoms with van der Waals surface area (Å²) in [4.78, 5) is 0.368. The SMILES string of the molecule is C=C(C)[C@@H]1CC(C)(C)CN1S(=O)(=O)c1ccc(C)cc1. The summed E-state index contributed by atoms with van der Waals surface area (Å²) < 4.78 is 27.3. The Kier molecular flexibility index (Phi) is 3.82. The minimum atomic E-state index is -3.45. The predicted octanol–water partition coefficient (Wildman–Crippen LogP) is 3.36. The summed E-state index contributed by atoms with van der Waals surface area (Å²) in [7, 11) is -3.45. The molecule has 0 bridgehead atoms. The van der Waals surface area contributed by atoms with Crippen LogP contribution in [0.5, 0.6) is 0 Å². The molecule has 4 heteroatoms. The van der Waals surface area contributed by atoms with E-state index in [2.05, 4.69) is 20.4 Å².